The fourth-order valence-corrected chi connectivity index (χ4v) is 3.39. The molecule has 1 aliphatic heterocycles. The van der Waals surface area contributed by atoms with Crippen molar-refractivity contribution in [3.63, 3.8) is 0 Å². The second-order valence-corrected chi connectivity index (χ2v) is 6.41. The molecule has 16 heavy (non-hydrogen) atoms. The number of rotatable bonds is 5. The van der Waals surface area contributed by atoms with E-state index < -0.39 is 15.3 Å². The molecular weight excluding hydrogens is 252 g/mol. The van der Waals surface area contributed by atoms with Gasteiger partial charge >= 0.3 is 0 Å². The van der Waals surface area contributed by atoms with E-state index in [-0.39, 0.29) is 19.0 Å². The Balaban J connectivity index is 0.00000225. The minimum absolute atomic E-state index is 0. The zero-order valence-corrected chi connectivity index (χ0v) is 11.4. The Morgan fingerprint density at radius 2 is 2.19 bits per heavy atom. The highest BCUT2D eigenvalue weighted by atomic mass is 35.5. The molecule has 2 N–H and O–H groups in total. The number of ether oxygens (including phenoxy) is 1. The predicted molar refractivity (Wildman–Crippen MR) is 66.2 cm³/mol. The molecule has 7 heteroatoms. The number of nitrogens with zero attached hydrogens (tertiary/aromatic N) is 1. The van der Waals surface area contributed by atoms with E-state index in [4.69, 9.17) is 10.5 Å². The van der Waals surface area contributed by atoms with Crippen LogP contribution in [0, 0.1) is 5.92 Å². The summed E-state index contributed by atoms with van der Waals surface area (Å²) in [5, 5.41) is -0.473. The van der Waals surface area contributed by atoms with E-state index in [1.54, 1.807) is 6.92 Å². The van der Waals surface area contributed by atoms with Crippen LogP contribution in [0.3, 0.4) is 0 Å². The summed E-state index contributed by atoms with van der Waals surface area (Å²) < 4.78 is 30.4. The number of halogens is 1. The number of nitrogens with two attached hydrogens (primary N) is 1. The Kier molecular flexibility index (Phi) is 6.81. The van der Waals surface area contributed by atoms with Gasteiger partial charge in [0, 0.05) is 20.2 Å². The number of methoxy groups -OCH3 is 1. The van der Waals surface area contributed by atoms with Gasteiger partial charge in [-0.05, 0) is 25.8 Å². The van der Waals surface area contributed by atoms with Crippen molar-refractivity contribution in [3.05, 3.63) is 0 Å². The number of hydrogen-bond acceptors (Lipinski definition) is 4. The molecule has 2 atom stereocenters. The fourth-order valence-electron chi connectivity index (χ4n) is 1.80. The summed E-state index contributed by atoms with van der Waals surface area (Å²) in [6.45, 7) is 3.64. The third-order valence-corrected chi connectivity index (χ3v) is 5.06. The quantitative estimate of drug-likeness (QED) is 0.768. The Morgan fingerprint density at radius 1 is 1.56 bits per heavy atom. The molecule has 0 aromatic heterocycles. The molecule has 2 unspecified atom stereocenters. The lowest BCUT2D eigenvalue weighted by molar-refractivity contribution is 0.198. The van der Waals surface area contributed by atoms with Gasteiger partial charge in [-0.25, -0.2) is 12.7 Å². The largest absolute Gasteiger partial charge is 0.383 e. The number of sulfonamides is 1. The van der Waals surface area contributed by atoms with Gasteiger partial charge in [0.2, 0.25) is 10.0 Å². The van der Waals surface area contributed by atoms with Crippen molar-refractivity contribution in [2.45, 2.75) is 18.6 Å². The van der Waals surface area contributed by atoms with Crippen LogP contribution in [0.15, 0.2) is 0 Å². The van der Waals surface area contributed by atoms with Gasteiger partial charge in [0.15, 0.2) is 0 Å². The highest BCUT2D eigenvalue weighted by Gasteiger charge is 2.34. The summed E-state index contributed by atoms with van der Waals surface area (Å²) in [6, 6.07) is 0. The molecule has 0 aromatic rings. The normalized spacial score (nSPS) is 24.1. The molecular formula is C9H21ClN2O3S. The van der Waals surface area contributed by atoms with Crippen LogP contribution >= 0.6 is 12.4 Å². The molecule has 1 rings (SSSR count). The molecule has 0 amide bonds. The van der Waals surface area contributed by atoms with Gasteiger partial charge < -0.3 is 10.5 Å². The minimum atomic E-state index is -3.19. The Bertz CT molecular complexity index is 297. The van der Waals surface area contributed by atoms with Crippen LogP contribution in [0.1, 0.15) is 13.3 Å². The second-order valence-electron chi connectivity index (χ2n) is 4.06. The van der Waals surface area contributed by atoms with Crippen molar-refractivity contribution in [1.29, 1.82) is 0 Å². The van der Waals surface area contributed by atoms with Gasteiger partial charge in [0.25, 0.3) is 0 Å². The van der Waals surface area contributed by atoms with Gasteiger partial charge in [-0.15, -0.1) is 12.4 Å². The molecule has 0 saturated carbocycles. The first-order valence-electron chi connectivity index (χ1n) is 5.20. The van der Waals surface area contributed by atoms with Crippen LogP contribution in [-0.4, -0.2) is 51.3 Å². The monoisotopic (exact) mass is 272 g/mol. The molecule has 0 bridgehead atoms. The van der Waals surface area contributed by atoms with Gasteiger partial charge in [0.05, 0.1) is 11.9 Å². The standard InChI is InChI=1S/C9H20N2O3S.ClH/c1-8(7-14-2)15(12,13)11-4-3-9(5-10)6-11;/h8-9H,3-7,10H2,1-2H3;1H. The highest BCUT2D eigenvalue weighted by molar-refractivity contribution is 7.89. The van der Waals surface area contributed by atoms with E-state index in [2.05, 4.69) is 0 Å². The van der Waals surface area contributed by atoms with E-state index in [1.165, 1.54) is 11.4 Å². The van der Waals surface area contributed by atoms with Crippen molar-refractivity contribution >= 4 is 22.4 Å². The zero-order chi connectivity index (χ0) is 11.5. The smallest absolute Gasteiger partial charge is 0.218 e. The minimum Gasteiger partial charge on any atom is -0.383 e. The lowest BCUT2D eigenvalue weighted by atomic mass is 10.1. The van der Waals surface area contributed by atoms with Crippen LogP contribution < -0.4 is 5.73 Å². The van der Waals surface area contributed by atoms with Crippen molar-refractivity contribution in [3.8, 4) is 0 Å². The van der Waals surface area contributed by atoms with Gasteiger partial charge in [-0.3, -0.25) is 0 Å². The van der Waals surface area contributed by atoms with Crippen molar-refractivity contribution < 1.29 is 13.2 Å². The highest BCUT2D eigenvalue weighted by Crippen LogP contribution is 2.21. The van der Waals surface area contributed by atoms with E-state index in [1.807, 2.05) is 0 Å². The van der Waals surface area contributed by atoms with Crippen LogP contribution in [0.25, 0.3) is 0 Å². The molecule has 1 saturated heterocycles. The first-order valence-corrected chi connectivity index (χ1v) is 6.70. The van der Waals surface area contributed by atoms with E-state index >= 15 is 0 Å². The average molecular weight is 273 g/mol. The van der Waals surface area contributed by atoms with E-state index in [0.717, 1.165) is 6.42 Å². The van der Waals surface area contributed by atoms with Crippen molar-refractivity contribution in [2.24, 2.45) is 11.7 Å². The van der Waals surface area contributed by atoms with E-state index in [9.17, 15) is 8.42 Å². The van der Waals surface area contributed by atoms with Crippen LogP contribution in [-0.2, 0) is 14.8 Å². The SMILES string of the molecule is COCC(C)S(=O)(=O)N1CCC(CN)C1.Cl. The summed E-state index contributed by atoms with van der Waals surface area (Å²) in [5.74, 6) is 0.314. The van der Waals surface area contributed by atoms with Crippen LogP contribution in [0.4, 0.5) is 0 Å². The molecule has 1 heterocycles. The third kappa shape index (κ3) is 3.56. The molecule has 0 aliphatic carbocycles. The lowest BCUT2D eigenvalue weighted by Crippen LogP contribution is -2.38. The van der Waals surface area contributed by atoms with Crippen LogP contribution in [0.5, 0.6) is 0 Å². The van der Waals surface area contributed by atoms with Crippen molar-refractivity contribution in [2.75, 3.05) is 33.4 Å². The molecule has 0 radical (unpaired) electrons. The maximum atomic E-state index is 12.0. The first-order chi connectivity index (χ1) is 7.02. The Hall–Kier alpha value is 0.120. The zero-order valence-electron chi connectivity index (χ0n) is 9.76. The molecule has 0 aromatic carbocycles. The van der Waals surface area contributed by atoms with E-state index in [0.29, 0.717) is 25.6 Å². The van der Waals surface area contributed by atoms with Gasteiger partial charge in [-0.1, -0.05) is 0 Å². The Labute approximate surface area is 104 Å². The maximum Gasteiger partial charge on any atom is 0.218 e. The molecule has 1 fully saturated rings. The summed E-state index contributed by atoms with van der Waals surface area (Å²) in [7, 11) is -1.68. The van der Waals surface area contributed by atoms with Crippen molar-refractivity contribution in [1.82, 2.24) is 4.31 Å². The first kappa shape index (κ1) is 16.1. The summed E-state index contributed by atoms with van der Waals surface area (Å²) in [4.78, 5) is 0. The predicted octanol–water partition coefficient (Wildman–Crippen LogP) is 0.0535. The average Bonchev–Trinajstić information content (AvgIpc) is 2.66. The summed E-state index contributed by atoms with van der Waals surface area (Å²) >= 11 is 0. The second kappa shape index (κ2) is 6.76. The Morgan fingerprint density at radius 3 is 2.62 bits per heavy atom. The van der Waals surface area contributed by atoms with Crippen LogP contribution in [0.2, 0.25) is 0 Å². The molecule has 5 nitrogen and oxygen atoms in total. The molecule has 1 aliphatic rings. The topological polar surface area (TPSA) is 72.6 Å². The van der Waals surface area contributed by atoms with Gasteiger partial charge in [0.1, 0.15) is 0 Å². The summed E-state index contributed by atoms with van der Waals surface area (Å²) in [5.41, 5.74) is 5.53. The summed E-state index contributed by atoms with van der Waals surface area (Å²) in [6.07, 6.45) is 0.870. The maximum absolute atomic E-state index is 12.0. The fraction of sp³-hybridized carbons (Fsp3) is 1.00. The van der Waals surface area contributed by atoms with Gasteiger partial charge in [-0.2, -0.15) is 0 Å². The lowest BCUT2D eigenvalue weighted by Gasteiger charge is -2.20. The molecule has 0 spiro atoms. The molecule has 98 valence electrons. The third-order valence-electron chi connectivity index (χ3n) is 2.85. The number of hydrogen-bond donors (Lipinski definition) is 1.